The van der Waals surface area contributed by atoms with Crippen LogP contribution in [0.5, 0.6) is 0 Å². The molecule has 1 aliphatic rings. The summed E-state index contributed by atoms with van der Waals surface area (Å²) in [6.45, 7) is 1.88. The van der Waals surface area contributed by atoms with E-state index < -0.39 is 17.5 Å². The Morgan fingerprint density at radius 2 is 1.90 bits per heavy atom. The lowest BCUT2D eigenvalue weighted by atomic mass is 9.87. The Balaban J connectivity index is 2.70. The van der Waals surface area contributed by atoms with Gasteiger partial charge in [-0.05, 0) is 6.92 Å². The zero-order valence-corrected chi connectivity index (χ0v) is 11.8. The Hall–Kier alpha value is -2.81. The van der Waals surface area contributed by atoms with Gasteiger partial charge in [-0.15, -0.1) is 0 Å². The minimum absolute atomic E-state index is 0.246. The molecule has 1 unspecified atom stereocenters. The maximum Gasteiger partial charge on any atom is 0.376 e. The second-order valence-electron chi connectivity index (χ2n) is 4.45. The van der Waals surface area contributed by atoms with Crippen LogP contribution in [0.25, 0.3) is 0 Å². The average molecular weight is 287 g/mol. The molecular formula is C15H13NO5. The summed E-state index contributed by atoms with van der Waals surface area (Å²) >= 11 is 0. The van der Waals surface area contributed by atoms with E-state index in [0.29, 0.717) is 5.56 Å². The van der Waals surface area contributed by atoms with E-state index in [-0.39, 0.29) is 11.3 Å². The average Bonchev–Trinajstić information content (AvgIpc) is 2.80. The van der Waals surface area contributed by atoms with Crippen molar-refractivity contribution >= 4 is 11.9 Å². The molecular weight excluding hydrogens is 274 g/mol. The number of methoxy groups -OCH3 is 2. The second-order valence-corrected chi connectivity index (χ2v) is 4.45. The largest absolute Gasteiger partial charge is 0.489 e. The highest BCUT2D eigenvalue weighted by molar-refractivity contribution is 6.05. The van der Waals surface area contributed by atoms with Crippen LogP contribution in [0.15, 0.2) is 35.6 Å². The Morgan fingerprint density at radius 3 is 2.38 bits per heavy atom. The molecule has 0 bridgehead atoms. The van der Waals surface area contributed by atoms with Gasteiger partial charge in [0.05, 0.1) is 14.2 Å². The molecule has 0 aromatic heterocycles. The van der Waals surface area contributed by atoms with E-state index in [2.05, 4.69) is 4.74 Å². The highest BCUT2D eigenvalue weighted by atomic mass is 16.6. The molecule has 1 aromatic carbocycles. The molecule has 0 aliphatic carbocycles. The van der Waals surface area contributed by atoms with Gasteiger partial charge in [0, 0.05) is 5.56 Å². The minimum Gasteiger partial charge on any atom is -0.489 e. The highest BCUT2D eigenvalue weighted by Crippen LogP contribution is 2.42. The van der Waals surface area contributed by atoms with Gasteiger partial charge in [0.1, 0.15) is 11.6 Å². The number of hydrogen-bond donors (Lipinski definition) is 0. The number of benzene rings is 1. The first-order chi connectivity index (χ1) is 10.00. The summed E-state index contributed by atoms with van der Waals surface area (Å²) in [6, 6.07) is 8.63. The standard InChI is InChI=1S/C15H13NO5/c1-9-4-6-10(7-5-9)15(8-16)11(13(17)20-3)12(19-2)14(18)21-15/h4-7H,1-3H3. The number of carbonyl (C=O) groups is 2. The zero-order chi connectivity index (χ0) is 15.6. The van der Waals surface area contributed by atoms with Crippen molar-refractivity contribution in [1.29, 1.82) is 5.26 Å². The highest BCUT2D eigenvalue weighted by Gasteiger charge is 2.54. The van der Waals surface area contributed by atoms with E-state index in [1.807, 2.05) is 13.0 Å². The van der Waals surface area contributed by atoms with Crippen molar-refractivity contribution in [3.8, 4) is 6.07 Å². The lowest BCUT2D eigenvalue weighted by molar-refractivity contribution is -0.147. The molecule has 0 amide bonds. The van der Waals surface area contributed by atoms with Crippen LogP contribution in [0.1, 0.15) is 11.1 Å². The molecule has 0 saturated carbocycles. The minimum atomic E-state index is -1.86. The Labute approximate surface area is 121 Å². The van der Waals surface area contributed by atoms with Gasteiger partial charge in [0.25, 0.3) is 5.60 Å². The first-order valence-electron chi connectivity index (χ1n) is 6.09. The molecule has 2 rings (SSSR count). The Morgan fingerprint density at radius 1 is 1.29 bits per heavy atom. The van der Waals surface area contributed by atoms with Crippen LogP contribution in [0.3, 0.4) is 0 Å². The first kappa shape index (κ1) is 14.6. The summed E-state index contributed by atoms with van der Waals surface area (Å²) in [4.78, 5) is 23.9. The monoisotopic (exact) mass is 287 g/mol. The van der Waals surface area contributed by atoms with E-state index in [1.165, 1.54) is 7.11 Å². The maximum atomic E-state index is 12.0. The predicted octanol–water partition coefficient (Wildman–Crippen LogP) is 1.34. The van der Waals surface area contributed by atoms with Gasteiger partial charge in [-0.25, -0.2) is 9.59 Å². The van der Waals surface area contributed by atoms with Gasteiger partial charge in [0.2, 0.25) is 5.76 Å². The van der Waals surface area contributed by atoms with Crippen LogP contribution in [-0.4, -0.2) is 26.2 Å². The van der Waals surface area contributed by atoms with Crippen LogP contribution in [0, 0.1) is 18.3 Å². The van der Waals surface area contributed by atoms with Gasteiger partial charge >= 0.3 is 11.9 Å². The van der Waals surface area contributed by atoms with Crippen molar-refractivity contribution in [3.05, 3.63) is 46.7 Å². The molecule has 21 heavy (non-hydrogen) atoms. The van der Waals surface area contributed by atoms with Gasteiger partial charge in [-0.1, -0.05) is 29.8 Å². The van der Waals surface area contributed by atoms with Crippen LogP contribution < -0.4 is 0 Å². The number of ether oxygens (including phenoxy) is 3. The van der Waals surface area contributed by atoms with Crippen LogP contribution in [-0.2, 0) is 29.4 Å². The number of aryl methyl sites for hydroxylation is 1. The lowest BCUT2D eigenvalue weighted by Gasteiger charge is -2.22. The summed E-state index contributed by atoms with van der Waals surface area (Å²) in [5.41, 5.74) is -0.782. The smallest absolute Gasteiger partial charge is 0.376 e. The van der Waals surface area contributed by atoms with E-state index in [0.717, 1.165) is 12.7 Å². The Bertz CT molecular complexity index is 668. The van der Waals surface area contributed by atoms with Crippen LogP contribution in [0.4, 0.5) is 0 Å². The molecule has 0 fully saturated rings. The molecule has 6 heteroatoms. The van der Waals surface area contributed by atoms with Gasteiger partial charge < -0.3 is 14.2 Å². The van der Waals surface area contributed by atoms with Gasteiger partial charge in [-0.2, -0.15) is 5.26 Å². The van der Waals surface area contributed by atoms with Crippen LogP contribution >= 0.6 is 0 Å². The molecule has 6 nitrogen and oxygen atoms in total. The summed E-state index contributed by atoms with van der Waals surface area (Å²) < 4.78 is 14.7. The first-order valence-corrected chi connectivity index (χ1v) is 6.09. The third kappa shape index (κ3) is 2.13. The number of nitrogens with zero attached hydrogens (tertiary/aromatic N) is 1. The van der Waals surface area contributed by atoms with Crippen molar-refractivity contribution in [2.75, 3.05) is 14.2 Å². The molecule has 0 spiro atoms. The Kier molecular flexibility index (Phi) is 3.68. The maximum absolute atomic E-state index is 12.0. The fourth-order valence-corrected chi connectivity index (χ4v) is 2.16. The topological polar surface area (TPSA) is 85.6 Å². The summed E-state index contributed by atoms with van der Waals surface area (Å²) in [5.74, 6) is -2.04. The van der Waals surface area contributed by atoms with Crippen molar-refractivity contribution in [2.45, 2.75) is 12.5 Å². The van der Waals surface area contributed by atoms with Gasteiger partial charge in [-0.3, -0.25) is 0 Å². The predicted molar refractivity (Wildman–Crippen MR) is 70.6 cm³/mol. The molecule has 0 N–H and O–H groups in total. The van der Waals surface area contributed by atoms with Crippen LogP contribution in [0.2, 0.25) is 0 Å². The second kappa shape index (κ2) is 5.29. The molecule has 1 aliphatic heterocycles. The molecule has 0 radical (unpaired) electrons. The summed E-state index contributed by atoms with van der Waals surface area (Å²) in [7, 11) is 2.38. The van der Waals surface area contributed by atoms with E-state index in [9.17, 15) is 14.9 Å². The number of hydrogen-bond acceptors (Lipinski definition) is 6. The van der Waals surface area contributed by atoms with Crippen molar-refractivity contribution in [1.82, 2.24) is 0 Å². The lowest BCUT2D eigenvalue weighted by Crippen LogP contribution is -2.31. The van der Waals surface area contributed by atoms with E-state index in [1.54, 1.807) is 24.3 Å². The number of rotatable bonds is 3. The third-order valence-corrected chi connectivity index (χ3v) is 3.22. The van der Waals surface area contributed by atoms with E-state index >= 15 is 0 Å². The number of cyclic esters (lactones) is 1. The number of nitriles is 1. The number of carbonyl (C=O) groups excluding carboxylic acids is 2. The van der Waals surface area contributed by atoms with Crippen molar-refractivity contribution < 1.29 is 23.8 Å². The quantitative estimate of drug-likeness (QED) is 0.780. The molecule has 108 valence electrons. The van der Waals surface area contributed by atoms with Gasteiger partial charge in [0.15, 0.2) is 0 Å². The summed E-state index contributed by atoms with van der Waals surface area (Å²) in [6.07, 6.45) is 0. The normalized spacial score (nSPS) is 20.8. The fourth-order valence-electron chi connectivity index (χ4n) is 2.16. The molecule has 0 saturated heterocycles. The summed E-state index contributed by atoms with van der Waals surface area (Å²) in [5, 5.41) is 9.56. The van der Waals surface area contributed by atoms with Crippen molar-refractivity contribution in [3.63, 3.8) is 0 Å². The zero-order valence-electron chi connectivity index (χ0n) is 11.8. The molecule has 1 aromatic rings. The molecule has 1 heterocycles. The number of esters is 2. The van der Waals surface area contributed by atoms with Crippen molar-refractivity contribution in [2.24, 2.45) is 0 Å². The fraction of sp³-hybridized carbons (Fsp3) is 0.267. The third-order valence-electron chi connectivity index (χ3n) is 3.22. The molecule has 1 atom stereocenters. The SMILES string of the molecule is COC(=O)C1=C(OC)C(=O)OC1(C#N)c1ccc(C)cc1. The van der Waals surface area contributed by atoms with E-state index in [4.69, 9.17) is 9.47 Å².